The molecule has 0 spiro atoms. The third-order valence-corrected chi connectivity index (χ3v) is 8.55. The molecule has 5 heteroatoms. The van der Waals surface area contributed by atoms with Crippen molar-refractivity contribution in [2.75, 3.05) is 0 Å². The largest absolute Gasteiger partial charge is 0.439 e. The first kappa shape index (κ1) is 22.1. The summed E-state index contributed by atoms with van der Waals surface area (Å²) in [4.78, 5) is 31.9. The number of hydrogen-bond acceptors (Lipinski definition) is 4. The van der Waals surface area contributed by atoms with Gasteiger partial charge in [0.15, 0.2) is 11.6 Å². The van der Waals surface area contributed by atoms with Gasteiger partial charge in [0, 0.05) is 27.8 Å². The van der Waals surface area contributed by atoms with E-state index in [9.17, 15) is 9.59 Å². The maximum Gasteiger partial charge on any atom is 0.219 e. The van der Waals surface area contributed by atoms with Gasteiger partial charge in [-0.15, -0.1) is 0 Å². The lowest BCUT2D eigenvalue weighted by Crippen LogP contribution is -2.52. The number of nitrogens with zero attached hydrogens (tertiary/aromatic N) is 1. The highest BCUT2D eigenvalue weighted by atomic mass is 35.5. The fraction of sp³-hybridized carbons (Fsp3) is 0.393. The number of aryl methyl sites for hydroxylation is 1. The Morgan fingerprint density at radius 2 is 1.85 bits per heavy atom. The van der Waals surface area contributed by atoms with Gasteiger partial charge >= 0.3 is 0 Å². The van der Waals surface area contributed by atoms with E-state index >= 15 is 0 Å². The van der Waals surface area contributed by atoms with Crippen LogP contribution in [0.1, 0.15) is 57.6 Å². The maximum atomic E-state index is 13.8. The average molecular weight is 462 g/mol. The van der Waals surface area contributed by atoms with E-state index in [0.717, 1.165) is 41.3 Å². The zero-order chi connectivity index (χ0) is 23.5. The standard InChI is InChI=1S/C28H28ClNO3/c1-5-16-6-9-19(33-23-11-7-17-14-18(29)8-10-22(17)30-23)15-20(16)24-25(31)21-12-13-28(4,26(24)32)27(21,2)3/h6-11,14-15,21,24H,5,12-13H2,1-4H3/t21-,24?,28+/m0/s1. The number of Topliss-reactive ketones (excluding diaryl/α,β-unsaturated/α-hetero) is 2. The minimum absolute atomic E-state index is 0.0545. The fourth-order valence-corrected chi connectivity index (χ4v) is 6.05. The first-order valence-corrected chi connectivity index (χ1v) is 12.0. The van der Waals surface area contributed by atoms with Gasteiger partial charge in [-0.25, -0.2) is 4.98 Å². The number of carbonyl (C=O) groups excluding carboxylic acids is 2. The number of ether oxygens (including phenoxy) is 1. The smallest absolute Gasteiger partial charge is 0.219 e. The summed E-state index contributed by atoms with van der Waals surface area (Å²) in [6.45, 7) is 8.25. The molecule has 2 aromatic carbocycles. The second-order valence-electron chi connectivity index (χ2n) is 10.1. The van der Waals surface area contributed by atoms with Crippen LogP contribution in [0.4, 0.5) is 0 Å². The van der Waals surface area contributed by atoms with Crippen molar-refractivity contribution in [3.63, 3.8) is 0 Å². The van der Waals surface area contributed by atoms with Crippen LogP contribution in [0.5, 0.6) is 11.6 Å². The lowest BCUT2D eigenvalue weighted by molar-refractivity contribution is -0.149. The van der Waals surface area contributed by atoms with Crippen LogP contribution in [0.25, 0.3) is 10.9 Å². The minimum atomic E-state index is -0.722. The lowest BCUT2D eigenvalue weighted by Gasteiger charge is -2.46. The molecule has 2 bridgehead atoms. The number of hydrogen-bond donors (Lipinski definition) is 0. The van der Waals surface area contributed by atoms with Crippen LogP contribution in [0, 0.1) is 16.7 Å². The molecule has 33 heavy (non-hydrogen) atoms. The molecule has 5 rings (SSSR count). The van der Waals surface area contributed by atoms with Crippen LogP contribution in [-0.4, -0.2) is 16.6 Å². The van der Waals surface area contributed by atoms with E-state index in [2.05, 4.69) is 18.8 Å². The van der Waals surface area contributed by atoms with Gasteiger partial charge in [0.2, 0.25) is 5.88 Å². The van der Waals surface area contributed by atoms with Crippen molar-refractivity contribution in [3.05, 3.63) is 64.7 Å². The number of pyridine rings is 1. The zero-order valence-corrected chi connectivity index (χ0v) is 20.2. The highest BCUT2D eigenvalue weighted by Crippen LogP contribution is 2.62. The molecule has 1 heterocycles. The molecule has 0 saturated heterocycles. The second kappa shape index (κ2) is 7.66. The van der Waals surface area contributed by atoms with Gasteiger partial charge < -0.3 is 4.74 Å². The molecule has 3 atom stereocenters. The van der Waals surface area contributed by atoms with Crippen molar-refractivity contribution in [3.8, 4) is 11.6 Å². The van der Waals surface area contributed by atoms with Crippen molar-refractivity contribution < 1.29 is 14.3 Å². The Morgan fingerprint density at radius 1 is 1.06 bits per heavy atom. The predicted octanol–water partition coefficient (Wildman–Crippen LogP) is 6.92. The van der Waals surface area contributed by atoms with Crippen LogP contribution < -0.4 is 4.74 Å². The van der Waals surface area contributed by atoms with Gasteiger partial charge in [-0.05, 0) is 72.2 Å². The van der Waals surface area contributed by atoms with E-state index in [4.69, 9.17) is 16.3 Å². The van der Waals surface area contributed by atoms with Gasteiger partial charge in [0.1, 0.15) is 11.7 Å². The molecule has 2 fully saturated rings. The number of aromatic nitrogens is 1. The molecule has 0 aliphatic heterocycles. The quantitative estimate of drug-likeness (QED) is 0.395. The molecule has 2 saturated carbocycles. The summed E-state index contributed by atoms with van der Waals surface area (Å²) in [7, 11) is 0. The number of ketones is 2. The lowest BCUT2D eigenvalue weighted by atomic mass is 9.54. The Labute approximate surface area is 199 Å². The van der Waals surface area contributed by atoms with Crippen LogP contribution in [0.15, 0.2) is 48.5 Å². The molecule has 3 aromatic rings. The Kier molecular flexibility index (Phi) is 5.13. The molecule has 2 aliphatic rings. The summed E-state index contributed by atoms with van der Waals surface area (Å²) < 4.78 is 6.09. The van der Waals surface area contributed by atoms with E-state index < -0.39 is 11.3 Å². The molecular weight excluding hydrogens is 434 g/mol. The SMILES string of the molecule is CCc1ccc(Oc2ccc3cc(Cl)ccc3n2)cc1C1C(=O)[C@@H]2CC[C@](C)(C1=O)C2(C)C. The van der Waals surface area contributed by atoms with E-state index in [1.54, 1.807) is 12.1 Å². The highest BCUT2D eigenvalue weighted by molar-refractivity contribution is 6.31. The second-order valence-corrected chi connectivity index (χ2v) is 10.6. The Balaban J connectivity index is 1.53. The van der Waals surface area contributed by atoms with Gasteiger partial charge in [0.05, 0.1) is 5.52 Å². The molecule has 0 N–H and O–H groups in total. The van der Waals surface area contributed by atoms with Crippen molar-refractivity contribution in [1.82, 2.24) is 4.98 Å². The van der Waals surface area contributed by atoms with Crippen molar-refractivity contribution in [2.45, 2.75) is 52.9 Å². The first-order chi connectivity index (χ1) is 15.7. The topological polar surface area (TPSA) is 56.3 Å². The van der Waals surface area contributed by atoms with E-state index in [0.29, 0.717) is 16.7 Å². The Morgan fingerprint density at radius 3 is 2.61 bits per heavy atom. The molecular formula is C28H28ClNO3. The highest BCUT2D eigenvalue weighted by Gasteiger charge is 2.64. The first-order valence-electron chi connectivity index (χ1n) is 11.6. The average Bonchev–Trinajstić information content (AvgIpc) is 2.97. The third-order valence-electron chi connectivity index (χ3n) is 8.32. The van der Waals surface area contributed by atoms with Gasteiger partial charge in [0.25, 0.3) is 0 Å². The number of carbonyl (C=O) groups is 2. The summed E-state index contributed by atoms with van der Waals surface area (Å²) in [6.07, 6.45) is 2.30. The molecule has 1 aromatic heterocycles. The molecule has 0 radical (unpaired) electrons. The van der Waals surface area contributed by atoms with E-state index in [1.807, 2.05) is 50.2 Å². The molecule has 0 amide bonds. The van der Waals surface area contributed by atoms with Crippen molar-refractivity contribution in [1.29, 1.82) is 0 Å². The summed E-state index contributed by atoms with van der Waals surface area (Å²) in [5.74, 6) is 0.334. The molecule has 1 unspecified atom stereocenters. The van der Waals surface area contributed by atoms with Crippen LogP contribution in [0.2, 0.25) is 5.02 Å². The number of benzene rings is 2. The van der Waals surface area contributed by atoms with Gasteiger partial charge in [-0.3, -0.25) is 9.59 Å². The monoisotopic (exact) mass is 461 g/mol. The predicted molar refractivity (Wildman–Crippen MR) is 130 cm³/mol. The van der Waals surface area contributed by atoms with Gasteiger partial charge in [-0.1, -0.05) is 45.4 Å². The maximum absolute atomic E-state index is 13.8. The summed E-state index contributed by atoms with van der Waals surface area (Å²) in [5, 5.41) is 1.59. The molecule has 4 nitrogen and oxygen atoms in total. The van der Waals surface area contributed by atoms with Crippen LogP contribution >= 0.6 is 11.6 Å². The third kappa shape index (κ3) is 3.30. The zero-order valence-electron chi connectivity index (χ0n) is 19.4. The van der Waals surface area contributed by atoms with Crippen molar-refractivity contribution in [2.24, 2.45) is 16.7 Å². The van der Waals surface area contributed by atoms with Crippen molar-refractivity contribution >= 4 is 34.1 Å². The summed E-state index contributed by atoms with van der Waals surface area (Å²) >= 11 is 6.07. The van der Waals surface area contributed by atoms with E-state index in [1.165, 1.54) is 0 Å². The van der Waals surface area contributed by atoms with Gasteiger partial charge in [-0.2, -0.15) is 0 Å². The normalized spacial score (nSPS) is 26.1. The fourth-order valence-electron chi connectivity index (χ4n) is 5.87. The van der Waals surface area contributed by atoms with Crippen LogP contribution in [0.3, 0.4) is 0 Å². The van der Waals surface area contributed by atoms with Crippen LogP contribution in [-0.2, 0) is 16.0 Å². The Hall–Kier alpha value is -2.72. The number of fused-ring (bicyclic) bond motifs is 3. The number of rotatable bonds is 4. The van der Waals surface area contributed by atoms with E-state index in [-0.39, 0.29) is 22.9 Å². The molecule has 2 aliphatic carbocycles. The Bertz CT molecular complexity index is 1300. The minimum Gasteiger partial charge on any atom is -0.439 e. The summed E-state index contributed by atoms with van der Waals surface area (Å²) in [6, 6.07) is 14.9. The molecule has 170 valence electrons. The summed E-state index contributed by atoms with van der Waals surface area (Å²) in [5.41, 5.74) is 1.78. The number of halogens is 1.